The number of nitrogens with zero attached hydrogens (tertiary/aromatic N) is 3. The first kappa shape index (κ1) is 21.2. The fourth-order valence-electron chi connectivity index (χ4n) is 4.34. The van der Waals surface area contributed by atoms with Crippen molar-refractivity contribution in [2.45, 2.75) is 64.6 Å². The summed E-state index contributed by atoms with van der Waals surface area (Å²) < 4.78 is 7.07. The Bertz CT molecular complexity index is 1050. The van der Waals surface area contributed by atoms with Crippen LogP contribution in [0, 0.1) is 0 Å². The van der Waals surface area contributed by atoms with Gasteiger partial charge in [-0.3, -0.25) is 4.79 Å². The number of fused-ring (bicyclic) bond motifs is 1. The predicted octanol–water partition coefficient (Wildman–Crippen LogP) is 4.52. The van der Waals surface area contributed by atoms with Gasteiger partial charge >= 0.3 is 0 Å². The fraction of sp³-hybridized carbons (Fsp3) is 0.458. The van der Waals surface area contributed by atoms with Gasteiger partial charge in [0.2, 0.25) is 0 Å². The van der Waals surface area contributed by atoms with Crippen molar-refractivity contribution in [3.63, 3.8) is 0 Å². The van der Waals surface area contributed by atoms with E-state index in [4.69, 9.17) is 4.74 Å². The molecule has 3 aromatic rings. The van der Waals surface area contributed by atoms with E-state index in [9.17, 15) is 4.79 Å². The van der Waals surface area contributed by atoms with Crippen molar-refractivity contribution in [2.75, 3.05) is 12.4 Å². The third kappa shape index (κ3) is 4.50. The molecule has 1 saturated carbocycles. The number of hydrogen-bond acceptors (Lipinski definition) is 5. The molecule has 1 fully saturated rings. The van der Waals surface area contributed by atoms with Crippen molar-refractivity contribution in [3.05, 3.63) is 47.8 Å². The monoisotopic (exact) mass is 421 g/mol. The van der Waals surface area contributed by atoms with Crippen LogP contribution in [0.15, 0.2) is 36.7 Å². The number of rotatable bonds is 7. The van der Waals surface area contributed by atoms with E-state index in [1.165, 1.54) is 19.3 Å². The van der Waals surface area contributed by atoms with Crippen molar-refractivity contribution in [2.24, 2.45) is 0 Å². The predicted molar refractivity (Wildman–Crippen MR) is 122 cm³/mol. The molecule has 0 unspecified atom stereocenters. The summed E-state index contributed by atoms with van der Waals surface area (Å²) in [5.74, 6) is 0.654. The maximum atomic E-state index is 13.2. The van der Waals surface area contributed by atoms with Crippen molar-refractivity contribution in [1.82, 2.24) is 20.1 Å². The summed E-state index contributed by atoms with van der Waals surface area (Å²) in [5.41, 5.74) is 3.17. The molecule has 0 atom stereocenters. The van der Waals surface area contributed by atoms with Crippen LogP contribution >= 0.6 is 0 Å². The van der Waals surface area contributed by atoms with E-state index in [-0.39, 0.29) is 11.4 Å². The number of carbonyl (C=O) groups excluding carboxylic acids is 1. The Morgan fingerprint density at radius 1 is 1.16 bits per heavy atom. The number of methoxy groups -OCH3 is 1. The molecule has 7 heteroatoms. The molecule has 164 valence electrons. The van der Waals surface area contributed by atoms with Crippen molar-refractivity contribution < 1.29 is 9.53 Å². The van der Waals surface area contributed by atoms with Crippen molar-refractivity contribution in [3.8, 4) is 5.75 Å². The number of nitrogens with one attached hydrogen (secondary N) is 2. The summed E-state index contributed by atoms with van der Waals surface area (Å²) in [6, 6.07) is 7.69. The number of amides is 1. The Hall–Kier alpha value is -3.09. The molecule has 0 spiro atoms. The Morgan fingerprint density at radius 2 is 1.90 bits per heavy atom. The number of anilines is 1. The molecule has 2 heterocycles. The zero-order valence-corrected chi connectivity index (χ0v) is 18.6. The highest BCUT2D eigenvalue weighted by Gasteiger charge is 2.29. The molecule has 0 aliphatic heterocycles. The largest absolute Gasteiger partial charge is 0.497 e. The molecule has 31 heavy (non-hydrogen) atoms. The summed E-state index contributed by atoms with van der Waals surface area (Å²) in [7, 11) is 1.64. The zero-order valence-electron chi connectivity index (χ0n) is 18.6. The van der Waals surface area contributed by atoms with Crippen LogP contribution in [-0.4, -0.2) is 33.3 Å². The number of hydrogen-bond donors (Lipinski definition) is 2. The summed E-state index contributed by atoms with van der Waals surface area (Å²) in [6.07, 6.45) is 9.34. The lowest BCUT2D eigenvalue weighted by atomic mass is 9.83. The van der Waals surface area contributed by atoms with E-state index >= 15 is 0 Å². The third-order valence-electron chi connectivity index (χ3n) is 6.21. The van der Waals surface area contributed by atoms with Crippen LogP contribution in [0.25, 0.3) is 11.0 Å². The van der Waals surface area contributed by atoms with Crippen molar-refractivity contribution >= 4 is 22.6 Å². The van der Waals surface area contributed by atoms with Gasteiger partial charge in [-0.2, -0.15) is 5.10 Å². The minimum Gasteiger partial charge on any atom is -0.497 e. The van der Waals surface area contributed by atoms with Gasteiger partial charge in [-0.25, -0.2) is 9.67 Å². The van der Waals surface area contributed by atoms with Gasteiger partial charge in [0.05, 0.1) is 29.9 Å². The molecule has 7 nitrogen and oxygen atoms in total. The van der Waals surface area contributed by atoms with E-state index in [1.54, 1.807) is 13.3 Å². The SMILES string of the molecule is CCn1ncc2c(NC3(C)CCCCC3)c(C(=O)NCc3ccc(OC)cc3)cnc21. The summed E-state index contributed by atoms with van der Waals surface area (Å²) in [6.45, 7) is 5.46. The van der Waals surface area contributed by atoms with Gasteiger partial charge in [0.15, 0.2) is 5.65 Å². The quantitative estimate of drug-likeness (QED) is 0.586. The smallest absolute Gasteiger partial charge is 0.255 e. The lowest BCUT2D eigenvalue weighted by Crippen LogP contribution is -2.38. The Kier molecular flexibility index (Phi) is 6.11. The molecular formula is C24H31N5O2. The topological polar surface area (TPSA) is 81.1 Å². The first-order chi connectivity index (χ1) is 15.0. The lowest BCUT2D eigenvalue weighted by Gasteiger charge is -2.36. The van der Waals surface area contributed by atoms with Crippen LogP contribution in [-0.2, 0) is 13.1 Å². The van der Waals surface area contributed by atoms with Crippen LogP contribution in [0.2, 0.25) is 0 Å². The lowest BCUT2D eigenvalue weighted by molar-refractivity contribution is 0.0951. The van der Waals surface area contributed by atoms with E-state index in [1.807, 2.05) is 42.1 Å². The highest BCUT2D eigenvalue weighted by molar-refractivity contribution is 6.06. The van der Waals surface area contributed by atoms with Gasteiger partial charge in [0, 0.05) is 24.8 Å². The summed E-state index contributed by atoms with van der Waals surface area (Å²) in [5, 5.41) is 12.1. The third-order valence-corrected chi connectivity index (χ3v) is 6.21. The maximum absolute atomic E-state index is 13.2. The molecular weight excluding hydrogens is 390 g/mol. The second kappa shape index (κ2) is 8.96. The minimum atomic E-state index is -0.142. The van der Waals surface area contributed by atoms with E-state index in [2.05, 4.69) is 27.6 Å². The number of ether oxygens (including phenoxy) is 1. The van der Waals surface area contributed by atoms with Crippen LogP contribution < -0.4 is 15.4 Å². The number of aromatic nitrogens is 3. The van der Waals surface area contributed by atoms with Gasteiger partial charge in [0.25, 0.3) is 5.91 Å². The van der Waals surface area contributed by atoms with Crippen LogP contribution in [0.3, 0.4) is 0 Å². The molecule has 1 aromatic carbocycles. The Balaban J connectivity index is 1.62. The van der Waals surface area contributed by atoms with Gasteiger partial charge in [-0.15, -0.1) is 0 Å². The number of benzene rings is 1. The van der Waals surface area contributed by atoms with Crippen LogP contribution in [0.4, 0.5) is 5.69 Å². The molecule has 1 amide bonds. The number of aryl methyl sites for hydroxylation is 1. The molecule has 0 saturated heterocycles. The standard InChI is InChI=1S/C24H31N5O2/c1-4-29-22-19(16-27-29)21(28-24(2)12-6-5-7-13-24)20(15-25-22)23(30)26-14-17-8-10-18(31-3)11-9-17/h8-11,15-16H,4-7,12-14H2,1-3H3,(H,25,28)(H,26,30). The Morgan fingerprint density at radius 3 is 2.58 bits per heavy atom. The van der Waals surface area contributed by atoms with E-state index < -0.39 is 0 Å². The normalized spacial score (nSPS) is 15.6. The first-order valence-corrected chi connectivity index (χ1v) is 11.1. The molecule has 2 N–H and O–H groups in total. The minimum absolute atomic E-state index is 0.0359. The number of pyridine rings is 1. The zero-order chi connectivity index (χ0) is 21.8. The Labute approximate surface area is 183 Å². The fourth-order valence-corrected chi connectivity index (χ4v) is 4.34. The highest BCUT2D eigenvalue weighted by atomic mass is 16.5. The first-order valence-electron chi connectivity index (χ1n) is 11.1. The average Bonchev–Trinajstić information content (AvgIpc) is 3.22. The summed E-state index contributed by atoms with van der Waals surface area (Å²) in [4.78, 5) is 17.8. The van der Waals surface area contributed by atoms with Gasteiger partial charge in [0.1, 0.15) is 5.75 Å². The molecule has 1 aliphatic carbocycles. The maximum Gasteiger partial charge on any atom is 0.255 e. The highest BCUT2D eigenvalue weighted by Crippen LogP contribution is 2.35. The van der Waals surface area contributed by atoms with E-state index in [0.717, 1.165) is 47.4 Å². The van der Waals surface area contributed by atoms with Crippen LogP contribution in [0.5, 0.6) is 5.75 Å². The second-order valence-electron chi connectivity index (χ2n) is 8.52. The van der Waals surface area contributed by atoms with Gasteiger partial charge in [-0.1, -0.05) is 31.4 Å². The average molecular weight is 422 g/mol. The summed E-state index contributed by atoms with van der Waals surface area (Å²) >= 11 is 0. The molecule has 4 rings (SSSR count). The number of carbonyl (C=O) groups is 1. The van der Waals surface area contributed by atoms with E-state index in [0.29, 0.717) is 12.1 Å². The molecule has 2 aromatic heterocycles. The van der Waals surface area contributed by atoms with Gasteiger partial charge < -0.3 is 15.4 Å². The molecule has 0 bridgehead atoms. The van der Waals surface area contributed by atoms with Crippen molar-refractivity contribution in [1.29, 1.82) is 0 Å². The van der Waals surface area contributed by atoms with Crippen LogP contribution in [0.1, 0.15) is 61.9 Å². The second-order valence-corrected chi connectivity index (χ2v) is 8.52. The molecule has 1 aliphatic rings. The van der Waals surface area contributed by atoms with Gasteiger partial charge in [-0.05, 0) is 44.4 Å². The molecule has 0 radical (unpaired) electrons.